The maximum Gasteiger partial charge on any atom is 0.163 e. The molecule has 0 amide bonds. The third kappa shape index (κ3) is 5.63. The number of aromatic nitrogens is 5. The smallest absolute Gasteiger partial charge is 0.163 e. The highest BCUT2D eigenvalue weighted by atomic mass is 15.2. The molecule has 0 aliphatic heterocycles. The summed E-state index contributed by atoms with van der Waals surface area (Å²) in [6.07, 6.45) is 12.2. The fraction of sp³-hybridized carbons (Fsp3) is 0.346. The molecule has 0 radical (unpaired) electrons. The highest BCUT2D eigenvalue weighted by molar-refractivity contribution is 5.77. The van der Waals surface area contributed by atoms with Gasteiger partial charge in [-0.25, -0.2) is 19.9 Å². The summed E-state index contributed by atoms with van der Waals surface area (Å²) in [6.45, 7) is 3.08. The maximum absolute atomic E-state index is 4.79. The Balaban J connectivity index is 1.43. The van der Waals surface area contributed by atoms with Gasteiger partial charge in [0.05, 0.1) is 5.69 Å². The number of anilines is 1. The predicted octanol–water partition coefficient (Wildman–Crippen LogP) is 5.28. The zero-order chi connectivity index (χ0) is 22.2. The summed E-state index contributed by atoms with van der Waals surface area (Å²) in [6, 6.07) is 14.2. The number of aryl methyl sites for hydroxylation is 1. The van der Waals surface area contributed by atoms with E-state index in [0.29, 0.717) is 0 Å². The Kier molecular flexibility index (Phi) is 7.33. The van der Waals surface area contributed by atoms with Crippen LogP contribution in [0.3, 0.4) is 0 Å². The molecule has 164 valence electrons. The molecule has 0 bridgehead atoms. The number of fused-ring (bicyclic) bond motifs is 1. The van der Waals surface area contributed by atoms with Gasteiger partial charge in [-0.15, -0.1) is 0 Å². The lowest BCUT2D eigenvalue weighted by Crippen LogP contribution is -2.21. The average molecular weight is 427 g/mol. The first-order valence-electron chi connectivity index (χ1n) is 11.4. The van der Waals surface area contributed by atoms with Gasteiger partial charge in [0, 0.05) is 61.7 Å². The zero-order valence-electron chi connectivity index (χ0n) is 18.9. The Morgan fingerprint density at radius 1 is 0.812 bits per heavy atom. The number of hydrogen-bond donors (Lipinski definition) is 0. The first-order valence-corrected chi connectivity index (χ1v) is 11.4. The van der Waals surface area contributed by atoms with Crippen molar-refractivity contribution in [3.05, 3.63) is 72.6 Å². The zero-order valence-corrected chi connectivity index (χ0v) is 18.9. The lowest BCUT2D eigenvalue weighted by atomic mass is 10.1. The van der Waals surface area contributed by atoms with Crippen LogP contribution >= 0.6 is 0 Å². The Morgan fingerprint density at radius 2 is 1.75 bits per heavy atom. The molecular formula is C26H30N6. The van der Waals surface area contributed by atoms with Crippen LogP contribution in [0.4, 0.5) is 5.82 Å². The van der Waals surface area contributed by atoms with Crippen LogP contribution in [-0.4, -0.2) is 38.5 Å². The molecule has 0 spiro atoms. The molecule has 0 N–H and O–H groups in total. The number of hydrogen-bond acceptors (Lipinski definition) is 6. The summed E-state index contributed by atoms with van der Waals surface area (Å²) in [7, 11) is 2.05. The molecule has 0 unspecified atom stereocenters. The van der Waals surface area contributed by atoms with Crippen molar-refractivity contribution < 1.29 is 0 Å². The van der Waals surface area contributed by atoms with E-state index in [4.69, 9.17) is 9.97 Å². The monoisotopic (exact) mass is 426 g/mol. The quantitative estimate of drug-likeness (QED) is 0.321. The van der Waals surface area contributed by atoms with Crippen molar-refractivity contribution in [3.8, 4) is 11.3 Å². The summed E-state index contributed by atoms with van der Waals surface area (Å²) < 4.78 is 0. The molecule has 0 aliphatic carbocycles. The van der Waals surface area contributed by atoms with Gasteiger partial charge in [0.1, 0.15) is 11.6 Å². The third-order valence-corrected chi connectivity index (χ3v) is 5.61. The van der Waals surface area contributed by atoms with Crippen molar-refractivity contribution in [2.45, 2.75) is 45.4 Å². The van der Waals surface area contributed by atoms with Crippen LogP contribution in [0.5, 0.6) is 0 Å². The molecule has 6 nitrogen and oxygen atoms in total. The van der Waals surface area contributed by atoms with Crippen molar-refractivity contribution >= 4 is 16.9 Å². The van der Waals surface area contributed by atoms with E-state index in [9.17, 15) is 0 Å². The predicted molar refractivity (Wildman–Crippen MR) is 130 cm³/mol. The van der Waals surface area contributed by atoms with E-state index in [-0.39, 0.29) is 0 Å². The van der Waals surface area contributed by atoms with E-state index in [1.807, 2.05) is 48.9 Å². The Labute approximate surface area is 189 Å². The molecule has 0 aromatic carbocycles. The van der Waals surface area contributed by atoms with Gasteiger partial charge in [-0.1, -0.05) is 32.3 Å². The molecule has 0 fully saturated rings. The fourth-order valence-corrected chi connectivity index (χ4v) is 3.64. The summed E-state index contributed by atoms with van der Waals surface area (Å²) in [5.41, 5.74) is 3.70. The second-order valence-corrected chi connectivity index (χ2v) is 8.10. The lowest BCUT2D eigenvalue weighted by molar-refractivity contribution is 0.653. The third-order valence-electron chi connectivity index (χ3n) is 5.61. The van der Waals surface area contributed by atoms with E-state index in [1.54, 1.807) is 0 Å². The van der Waals surface area contributed by atoms with E-state index in [2.05, 4.69) is 46.0 Å². The van der Waals surface area contributed by atoms with Gasteiger partial charge < -0.3 is 4.90 Å². The average Bonchev–Trinajstić information content (AvgIpc) is 2.85. The normalized spacial score (nSPS) is 11.1. The Bertz CT molecular complexity index is 1130. The summed E-state index contributed by atoms with van der Waals surface area (Å²) in [4.78, 5) is 25.2. The number of likely N-dealkylation sites (N-methyl/N-ethyl adjacent to an activating group) is 1. The highest BCUT2D eigenvalue weighted by Gasteiger charge is 2.08. The SMILES string of the molecule is CCCCCCc1ncc2ccc(-c3ccc(N(C)CCc4ccccn4)nc3)nc2n1. The van der Waals surface area contributed by atoms with Crippen molar-refractivity contribution in [1.82, 2.24) is 24.9 Å². The van der Waals surface area contributed by atoms with Gasteiger partial charge in [0.15, 0.2) is 5.65 Å². The summed E-state index contributed by atoms with van der Waals surface area (Å²) in [5, 5.41) is 0.963. The minimum absolute atomic E-state index is 0.750. The topological polar surface area (TPSA) is 67.7 Å². The largest absolute Gasteiger partial charge is 0.359 e. The standard InChI is InChI=1S/C26H30N6/c1-3-4-5-6-10-24-28-19-21-11-13-23(30-26(21)31-24)20-12-14-25(29-18-20)32(2)17-15-22-9-7-8-16-27-22/h7-9,11-14,16,18-19H,3-6,10,15,17H2,1-2H3. The van der Waals surface area contributed by atoms with Crippen molar-refractivity contribution in [2.24, 2.45) is 0 Å². The number of unbranched alkanes of at least 4 members (excludes halogenated alkanes) is 3. The first kappa shape index (κ1) is 21.8. The molecule has 4 rings (SSSR count). The fourth-order valence-electron chi connectivity index (χ4n) is 3.64. The van der Waals surface area contributed by atoms with Gasteiger partial charge in [0.2, 0.25) is 0 Å². The summed E-state index contributed by atoms with van der Waals surface area (Å²) in [5.74, 6) is 1.81. The van der Waals surface area contributed by atoms with Gasteiger partial charge in [-0.2, -0.15) is 0 Å². The van der Waals surface area contributed by atoms with Crippen molar-refractivity contribution in [3.63, 3.8) is 0 Å². The molecule has 4 aromatic heterocycles. The highest BCUT2D eigenvalue weighted by Crippen LogP contribution is 2.21. The van der Waals surface area contributed by atoms with Crippen molar-refractivity contribution in [2.75, 3.05) is 18.5 Å². The second kappa shape index (κ2) is 10.8. The van der Waals surface area contributed by atoms with E-state index >= 15 is 0 Å². The molecule has 4 heterocycles. The maximum atomic E-state index is 4.79. The van der Waals surface area contributed by atoms with Crippen LogP contribution < -0.4 is 4.90 Å². The van der Waals surface area contributed by atoms with Crippen LogP contribution in [-0.2, 0) is 12.8 Å². The minimum Gasteiger partial charge on any atom is -0.359 e. The lowest BCUT2D eigenvalue weighted by Gasteiger charge is -2.18. The van der Waals surface area contributed by atoms with Gasteiger partial charge in [-0.3, -0.25) is 4.98 Å². The van der Waals surface area contributed by atoms with E-state index in [0.717, 1.165) is 65.4 Å². The number of pyridine rings is 3. The second-order valence-electron chi connectivity index (χ2n) is 8.10. The molecule has 0 saturated heterocycles. The number of nitrogens with zero attached hydrogens (tertiary/aromatic N) is 6. The Hall–Kier alpha value is -3.41. The van der Waals surface area contributed by atoms with Crippen LogP contribution in [0, 0.1) is 0 Å². The molecular weight excluding hydrogens is 396 g/mol. The molecule has 4 aromatic rings. The number of rotatable bonds is 10. The van der Waals surface area contributed by atoms with Crippen LogP contribution in [0.25, 0.3) is 22.3 Å². The van der Waals surface area contributed by atoms with Crippen LogP contribution in [0.15, 0.2) is 61.1 Å². The van der Waals surface area contributed by atoms with Crippen LogP contribution in [0.2, 0.25) is 0 Å². The molecule has 0 atom stereocenters. The van der Waals surface area contributed by atoms with Gasteiger partial charge >= 0.3 is 0 Å². The first-order chi connectivity index (χ1) is 15.7. The van der Waals surface area contributed by atoms with Crippen molar-refractivity contribution in [1.29, 1.82) is 0 Å². The molecule has 0 aliphatic rings. The molecule has 32 heavy (non-hydrogen) atoms. The van der Waals surface area contributed by atoms with Gasteiger partial charge in [0.25, 0.3) is 0 Å². The minimum atomic E-state index is 0.750. The van der Waals surface area contributed by atoms with Crippen LogP contribution in [0.1, 0.15) is 44.1 Å². The summed E-state index contributed by atoms with van der Waals surface area (Å²) >= 11 is 0. The molecule has 6 heteroatoms. The van der Waals surface area contributed by atoms with Gasteiger partial charge in [-0.05, 0) is 42.8 Å². The van der Waals surface area contributed by atoms with E-state index < -0.39 is 0 Å². The van der Waals surface area contributed by atoms with E-state index in [1.165, 1.54) is 19.3 Å². The molecule has 0 saturated carbocycles. The Morgan fingerprint density at radius 3 is 2.53 bits per heavy atom.